The van der Waals surface area contributed by atoms with Crippen LogP contribution in [0.1, 0.15) is 55.3 Å². The first-order valence-electron chi connectivity index (χ1n) is 10.7. The summed E-state index contributed by atoms with van der Waals surface area (Å²) in [5, 5.41) is 1.92. The van der Waals surface area contributed by atoms with Crippen molar-refractivity contribution in [3.05, 3.63) is 52.2 Å². The maximum atomic E-state index is 12.6. The van der Waals surface area contributed by atoms with Gasteiger partial charge in [0, 0.05) is 32.6 Å². The Morgan fingerprint density at radius 2 is 1.70 bits per heavy atom. The number of ether oxygens (including phenoxy) is 1. The fourth-order valence-corrected chi connectivity index (χ4v) is 4.24. The topological polar surface area (TPSA) is 49.9 Å². The van der Waals surface area contributed by atoms with E-state index in [0.717, 1.165) is 17.0 Å². The molecular weight excluding hydrogens is 396 g/mol. The van der Waals surface area contributed by atoms with Gasteiger partial charge in [-0.3, -0.25) is 9.59 Å². The van der Waals surface area contributed by atoms with Crippen molar-refractivity contribution in [3.63, 3.8) is 0 Å². The van der Waals surface area contributed by atoms with Gasteiger partial charge in [-0.1, -0.05) is 39.0 Å². The molecule has 1 fully saturated rings. The van der Waals surface area contributed by atoms with E-state index in [0.29, 0.717) is 45.6 Å². The van der Waals surface area contributed by atoms with Gasteiger partial charge >= 0.3 is 0 Å². The van der Waals surface area contributed by atoms with Crippen molar-refractivity contribution in [1.29, 1.82) is 0 Å². The van der Waals surface area contributed by atoms with Crippen molar-refractivity contribution in [2.75, 3.05) is 32.8 Å². The number of hydrogen-bond donors (Lipinski definition) is 0. The van der Waals surface area contributed by atoms with Crippen molar-refractivity contribution in [2.45, 2.75) is 45.4 Å². The fraction of sp³-hybridized carbons (Fsp3) is 0.500. The third-order valence-electron chi connectivity index (χ3n) is 5.39. The molecule has 1 aliphatic rings. The van der Waals surface area contributed by atoms with Gasteiger partial charge in [-0.25, -0.2) is 0 Å². The normalized spacial score (nSPS) is 15.0. The van der Waals surface area contributed by atoms with Crippen LogP contribution >= 0.6 is 11.3 Å². The first-order valence-corrected chi connectivity index (χ1v) is 11.6. The van der Waals surface area contributed by atoms with Gasteiger partial charge in [-0.05, 0) is 47.4 Å². The monoisotopic (exact) mass is 428 g/mol. The second kappa shape index (κ2) is 10.1. The Kier molecular flexibility index (Phi) is 7.53. The Bertz CT molecular complexity index is 825. The number of carbonyl (C=O) groups excluding carboxylic acids is 2. The van der Waals surface area contributed by atoms with E-state index in [-0.39, 0.29) is 17.2 Å². The van der Waals surface area contributed by atoms with Crippen LogP contribution in [0.5, 0.6) is 5.75 Å². The molecule has 0 atom stereocenters. The van der Waals surface area contributed by atoms with Gasteiger partial charge in [-0.15, -0.1) is 11.3 Å². The lowest BCUT2D eigenvalue weighted by Crippen LogP contribution is -2.37. The molecule has 2 amide bonds. The van der Waals surface area contributed by atoms with Crippen molar-refractivity contribution < 1.29 is 14.3 Å². The Morgan fingerprint density at radius 1 is 1.00 bits per heavy atom. The highest BCUT2D eigenvalue weighted by Gasteiger charge is 2.23. The molecule has 30 heavy (non-hydrogen) atoms. The fourth-order valence-electron chi connectivity index (χ4n) is 3.55. The van der Waals surface area contributed by atoms with E-state index in [1.165, 1.54) is 16.9 Å². The lowest BCUT2D eigenvalue weighted by Gasteiger charge is -2.22. The van der Waals surface area contributed by atoms with E-state index >= 15 is 0 Å². The largest absolute Gasteiger partial charge is 0.494 e. The third-order valence-corrected chi connectivity index (χ3v) is 6.25. The zero-order valence-electron chi connectivity index (χ0n) is 18.2. The molecular formula is C24H32N2O3S. The van der Waals surface area contributed by atoms with Gasteiger partial charge in [0.15, 0.2) is 0 Å². The maximum absolute atomic E-state index is 12.6. The summed E-state index contributed by atoms with van der Waals surface area (Å²) < 4.78 is 5.80. The van der Waals surface area contributed by atoms with Crippen LogP contribution in [0, 0.1) is 0 Å². The molecule has 1 aliphatic heterocycles. The quantitative estimate of drug-likeness (QED) is 0.633. The minimum atomic E-state index is 0.0742. The standard InChI is InChI=1S/C24H32N2O3S/c1-24(2,3)19-9-11-20(12-10-19)29-17-4-8-22(27)25-13-6-14-26(16-15-25)23(28)21-7-5-18-30-21/h5,7,9-12,18H,4,6,8,13-17H2,1-3H3. The average Bonchev–Trinajstić information content (AvgIpc) is 3.14. The molecule has 0 aliphatic carbocycles. The third kappa shape index (κ3) is 6.08. The minimum Gasteiger partial charge on any atom is -0.494 e. The molecule has 162 valence electrons. The predicted molar refractivity (Wildman–Crippen MR) is 121 cm³/mol. The molecule has 0 unspecified atom stereocenters. The van der Waals surface area contributed by atoms with Crippen LogP contribution in [0.4, 0.5) is 0 Å². The first-order chi connectivity index (χ1) is 14.3. The van der Waals surface area contributed by atoms with Crippen LogP contribution in [-0.2, 0) is 10.2 Å². The molecule has 0 radical (unpaired) electrons. The summed E-state index contributed by atoms with van der Waals surface area (Å²) in [6.45, 7) is 9.70. The van der Waals surface area contributed by atoms with Gasteiger partial charge in [0.2, 0.25) is 5.91 Å². The molecule has 1 saturated heterocycles. The summed E-state index contributed by atoms with van der Waals surface area (Å²) in [7, 11) is 0. The zero-order valence-corrected chi connectivity index (χ0v) is 19.0. The van der Waals surface area contributed by atoms with Gasteiger partial charge in [0.1, 0.15) is 5.75 Å². The van der Waals surface area contributed by atoms with Gasteiger partial charge in [0.25, 0.3) is 5.91 Å². The zero-order chi connectivity index (χ0) is 21.6. The Labute approximate surface area is 183 Å². The number of rotatable bonds is 6. The summed E-state index contributed by atoms with van der Waals surface area (Å²) in [5.41, 5.74) is 1.40. The molecule has 2 heterocycles. The van der Waals surface area contributed by atoms with Gasteiger partial charge in [-0.2, -0.15) is 0 Å². The molecule has 5 nitrogen and oxygen atoms in total. The molecule has 0 bridgehead atoms. The van der Waals surface area contributed by atoms with E-state index in [1.807, 2.05) is 39.4 Å². The molecule has 1 aromatic heterocycles. The van der Waals surface area contributed by atoms with Crippen LogP contribution in [0.15, 0.2) is 41.8 Å². The molecule has 2 aromatic rings. The van der Waals surface area contributed by atoms with Crippen molar-refractivity contribution in [2.24, 2.45) is 0 Å². The SMILES string of the molecule is CC(C)(C)c1ccc(OCCCC(=O)N2CCCN(C(=O)c3cccs3)CC2)cc1. The lowest BCUT2D eigenvalue weighted by molar-refractivity contribution is -0.131. The van der Waals surface area contributed by atoms with Crippen molar-refractivity contribution >= 4 is 23.2 Å². The highest BCUT2D eigenvalue weighted by atomic mass is 32.1. The number of benzene rings is 1. The van der Waals surface area contributed by atoms with E-state index in [1.54, 1.807) is 0 Å². The highest BCUT2D eigenvalue weighted by Crippen LogP contribution is 2.24. The van der Waals surface area contributed by atoms with Gasteiger partial charge in [0.05, 0.1) is 11.5 Å². The maximum Gasteiger partial charge on any atom is 0.263 e. The number of amides is 2. The molecule has 0 spiro atoms. The molecule has 1 aromatic carbocycles. The van der Waals surface area contributed by atoms with Crippen LogP contribution in [-0.4, -0.2) is 54.4 Å². The number of hydrogen-bond acceptors (Lipinski definition) is 4. The van der Waals surface area contributed by atoms with Crippen LogP contribution < -0.4 is 4.74 Å². The average molecular weight is 429 g/mol. The Morgan fingerprint density at radius 3 is 2.37 bits per heavy atom. The second-order valence-corrected chi connectivity index (χ2v) is 9.68. The van der Waals surface area contributed by atoms with E-state index in [4.69, 9.17) is 4.74 Å². The predicted octanol–water partition coefficient (Wildman–Crippen LogP) is 4.58. The van der Waals surface area contributed by atoms with Crippen LogP contribution in [0.3, 0.4) is 0 Å². The smallest absolute Gasteiger partial charge is 0.263 e. The summed E-state index contributed by atoms with van der Waals surface area (Å²) in [4.78, 5) is 29.6. The van der Waals surface area contributed by atoms with Crippen LogP contribution in [0.25, 0.3) is 0 Å². The van der Waals surface area contributed by atoms with Crippen LogP contribution in [0.2, 0.25) is 0 Å². The van der Waals surface area contributed by atoms with E-state index < -0.39 is 0 Å². The lowest BCUT2D eigenvalue weighted by atomic mass is 9.87. The molecule has 0 saturated carbocycles. The van der Waals surface area contributed by atoms with Crippen molar-refractivity contribution in [3.8, 4) is 5.75 Å². The summed E-state index contributed by atoms with van der Waals surface area (Å²) in [5.74, 6) is 1.06. The number of nitrogens with zero attached hydrogens (tertiary/aromatic N) is 2. The summed E-state index contributed by atoms with van der Waals surface area (Å²) >= 11 is 1.47. The van der Waals surface area contributed by atoms with Gasteiger partial charge < -0.3 is 14.5 Å². The molecule has 6 heteroatoms. The number of thiophene rings is 1. The highest BCUT2D eigenvalue weighted by molar-refractivity contribution is 7.12. The Balaban J connectivity index is 1.39. The van der Waals surface area contributed by atoms with E-state index in [9.17, 15) is 9.59 Å². The molecule has 0 N–H and O–H groups in total. The second-order valence-electron chi connectivity index (χ2n) is 8.73. The number of carbonyl (C=O) groups is 2. The summed E-state index contributed by atoms with van der Waals surface area (Å²) in [6, 6.07) is 11.9. The first kappa shape index (κ1) is 22.3. The van der Waals surface area contributed by atoms with Crippen molar-refractivity contribution in [1.82, 2.24) is 9.80 Å². The molecule has 3 rings (SSSR count). The summed E-state index contributed by atoms with van der Waals surface area (Å²) in [6.07, 6.45) is 1.98. The van der Waals surface area contributed by atoms with E-state index in [2.05, 4.69) is 32.9 Å². The Hall–Kier alpha value is -2.34. The minimum absolute atomic E-state index is 0.0742.